The molecule has 96 valence electrons. The first-order valence-corrected chi connectivity index (χ1v) is 5.89. The van der Waals surface area contributed by atoms with E-state index in [0.717, 1.165) is 5.56 Å². The van der Waals surface area contributed by atoms with Gasteiger partial charge >= 0.3 is 0 Å². The highest BCUT2D eigenvalue weighted by Gasteiger charge is 2.12. The molecular weight excluding hydrogens is 221 g/mol. The highest BCUT2D eigenvalue weighted by atomic mass is 19.1. The van der Waals surface area contributed by atoms with Gasteiger partial charge in [0.25, 0.3) is 0 Å². The number of nitrogens with two attached hydrogens (primary N) is 1. The Kier molecular flexibility index (Phi) is 5.38. The van der Waals surface area contributed by atoms with Crippen molar-refractivity contribution in [3.63, 3.8) is 0 Å². The van der Waals surface area contributed by atoms with Crippen LogP contribution in [-0.4, -0.2) is 23.9 Å². The molecule has 0 saturated carbocycles. The van der Waals surface area contributed by atoms with Gasteiger partial charge in [-0.15, -0.1) is 0 Å². The molecular formula is C13H20FNO2. The van der Waals surface area contributed by atoms with E-state index < -0.39 is 6.10 Å². The van der Waals surface area contributed by atoms with Gasteiger partial charge < -0.3 is 15.6 Å². The maximum absolute atomic E-state index is 13.1. The molecule has 0 aliphatic rings. The molecule has 0 aromatic heterocycles. The minimum Gasteiger partial charge on any atom is -0.494 e. The lowest BCUT2D eigenvalue weighted by Crippen LogP contribution is -2.31. The molecule has 17 heavy (non-hydrogen) atoms. The number of hydrogen-bond acceptors (Lipinski definition) is 3. The summed E-state index contributed by atoms with van der Waals surface area (Å²) in [5.74, 6) is 0.379. The summed E-state index contributed by atoms with van der Waals surface area (Å²) in [5, 5.41) is 9.62. The van der Waals surface area contributed by atoms with Crippen LogP contribution in [0.5, 0.6) is 5.75 Å². The number of aryl methyl sites for hydroxylation is 1. The van der Waals surface area contributed by atoms with Gasteiger partial charge in [0, 0.05) is 6.04 Å². The summed E-state index contributed by atoms with van der Waals surface area (Å²) in [6, 6.07) is 4.15. The monoisotopic (exact) mass is 241 g/mol. The van der Waals surface area contributed by atoms with Gasteiger partial charge in [-0.25, -0.2) is 4.39 Å². The van der Waals surface area contributed by atoms with Crippen molar-refractivity contribution in [3.05, 3.63) is 29.6 Å². The number of hydrogen-bond donors (Lipinski definition) is 2. The number of aliphatic hydroxyl groups is 1. The first kappa shape index (κ1) is 13.9. The van der Waals surface area contributed by atoms with E-state index in [-0.39, 0.29) is 11.9 Å². The molecule has 4 heteroatoms. The lowest BCUT2D eigenvalue weighted by Gasteiger charge is -2.15. The van der Waals surface area contributed by atoms with Crippen LogP contribution in [-0.2, 0) is 6.42 Å². The van der Waals surface area contributed by atoms with Crippen LogP contribution < -0.4 is 10.5 Å². The highest BCUT2D eigenvalue weighted by molar-refractivity contribution is 5.34. The average Bonchev–Trinajstić information content (AvgIpc) is 2.29. The molecule has 1 aromatic carbocycles. The zero-order valence-electron chi connectivity index (χ0n) is 10.3. The Morgan fingerprint density at radius 1 is 1.47 bits per heavy atom. The van der Waals surface area contributed by atoms with Crippen molar-refractivity contribution >= 4 is 0 Å². The molecule has 2 atom stereocenters. The Bertz CT molecular complexity index is 355. The second-order valence-corrected chi connectivity index (χ2v) is 4.15. The van der Waals surface area contributed by atoms with Gasteiger partial charge in [-0.05, 0) is 50.5 Å². The third-order valence-electron chi connectivity index (χ3n) is 2.64. The van der Waals surface area contributed by atoms with Crippen molar-refractivity contribution in [2.24, 2.45) is 5.73 Å². The van der Waals surface area contributed by atoms with Crippen molar-refractivity contribution in [3.8, 4) is 5.75 Å². The SMILES string of the molecule is CCOc1ccc(F)cc1CCC(O)C(C)N. The topological polar surface area (TPSA) is 55.5 Å². The minimum absolute atomic E-state index is 0.279. The number of aliphatic hydroxyl groups excluding tert-OH is 1. The van der Waals surface area contributed by atoms with Gasteiger partial charge in [0.1, 0.15) is 11.6 Å². The fourth-order valence-corrected chi connectivity index (χ4v) is 1.61. The van der Waals surface area contributed by atoms with Crippen molar-refractivity contribution < 1.29 is 14.2 Å². The molecule has 0 amide bonds. The van der Waals surface area contributed by atoms with E-state index in [1.54, 1.807) is 13.0 Å². The molecule has 0 aliphatic carbocycles. The summed E-state index contributed by atoms with van der Waals surface area (Å²) >= 11 is 0. The van der Waals surface area contributed by atoms with Crippen molar-refractivity contribution in [1.82, 2.24) is 0 Å². The van der Waals surface area contributed by atoms with E-state index in [0.29, 0.717) is 25.2 Å². The van der Waals surface area contributed by atoms with Gasteiger partial charge in [0.2, 0.25) is 0 Å². The third-order valence-corrected chi connectivity index (χ3v) is 2.64. The Labute approximate surface area is 101 Å². The van der Waals surface area contributed by atoms with Crippen LogP contribution in [0.15, 0.2) is 18.2 Å². The highest BCUT2D eigenvalue weighted by Crippen LogP contribution is 2.22. The average molecular weight is 241 g/mol. The molecule has 1 aromatic rings. The van der Waals surface area contributed by atoms with E-state index in [1.165, 1.54) is 12.1 Å². The van der Waals surface area contributed by atoms with E-state index in [2.05, 4.69) is 0 Å². The minimum atomic E-state index is -0.576. The number of benzene rings is 1. The van der Waals surface area contributed by atoms with Crippen LogP contribution in [0.25, 0.3) is 0 Å². The Morgan fingerprint density at radius 2 is 2.18 bits per heavy atom. The Hall–Kier alpha value is -1.13. The van der Waals surface area contributed by atoms with Crippen LogP contribution >= 0.6 is 0 Å². The van der Waals surface area contributed by atoms with Crippen LogP contribution in [0, 0.1) is 5.82 Å². The predicted molar refractivity (Wildman–Crippen MR) is 65.5 cm³/mol. The smallest absolute Gasteiger partial charge is 0.123 e. The van der Waals surface area contributed by atoms with Crippen LogP contribution in [0.4, 0.5) is 4.39 Å². The molecule has 0 fully saturated rings. The maximum atomic E-state index is 13.1. The first-order chi connectivity index (χ1) is 8.04. The van der Waals surface area contributed by atoms with Crippen molar-refractivity contribution in [2.75, 3.05) is 6.61 Å². The zero-order valence-corrected chi connectivity index (χ0v) is 10.3. The normalized spacial score (nSPS) is 14.4. The molecule has 2 unspecified atom stereocenters. The van der Waals surface area contributed by atoms with Gasteiger partial charge in [0.15, 0.2) is 0 Å². The van der Waals surface area contributed by atoms with E-state index in [4.69, 9.17) is 10.5 Å². The summed E-state index contributed by atoms with van der Waals surface area (Å²) in [6.45, 7) is 4.16. The molecule has 3 N–H and O–H groups in total. The molecule has 0 spiro atoms. The fraction of sp³-hybridized carbons (Fsp3) is 0.538. The fourth-order valence-electron chi connectivity index (χ4n) is 1.61. The lowest BCUT2D eigenvalue weighted by atomic mass is 10.0. The van der Waals surface area contributed by atoms with Gasteiger partial charge in [0.05, 0.1) is 12.7 Å². The van der Waals surface area contributed by atoms with Crippen molar-refractivity contribution in [2.45, 2.75) is 38.8 Å². The van der Waals surface area contributed by atoms with E-state index >= 15 is 0 Å². The summed E-state index contributed by atoms with van der Waals surface area (Å²) in [6.07, 6.45) is 0.476. The van der Waals surface area contributed by atoms with Crippen LogP contribution in [0.1, 0.15) is 25.8 Å². The molecule has 1 rings (SSSR count). The molecule has 0 aliphatic heterocycles. The van der Waals surface area contributed by atoms with E-state index in [1.807, 2.05) is 6.92 Å². The third kappa shape index (κ3) is 4.32. The standard InChI is InChI=1S/C13H20FNO2/c1-3-17-13-7-5-11(14)8-10(13)4-6-12(16)9(2)15/h5,7-9,12,16H,3-4,6,15H2,1-2H3. The molecule has 0 radical (unpaired) electrons. The Balaban J connectivity index is 2.71. The van der Waals surface area contributed by atoms with E-state index in [9.17, 15) is 9.50 Å². The zero-order chi connectivity index (χ0) is 12.8. The lowest BCUT2D eigenvalue weighted by molar-refractivity contribution is 0.141. The second-order valence-electron chi connectivity index (χ2n) is 4.15. The summed E-state index contributed by atoms with van der Waals surface area (Å²) < 4.78 is 18.5. The molecule has 0 saturated heterocycles. The largest absolute Gasteiger partial charge is 0.494 e. The summed E-state index contributed by atoms with van der Waals surface area (Å²) in [7, 11) is 0. The van der Waals surface area contributed by atoms with Crippen molar-refractivity contribution in [1.29, 1.82) is 0 Å². The number of rotatable bonds is 6. The number of halogens is 1. The quantitative estimate of drug-likeness (QED) is 0.799. The van der Waals surface area contributed by atoms with Gasteiger partial charge in [-0.3, -0.25) is 0 Å². The van der Waals surface area contributed by atoms with Crippen LogP contribution in [0.3, 0.4) is 0 Å². The summed E-state index contributed by atoms with van der Waals surface area (Å²) in [5.41, 5.74) is 6.34. The molecule has 0 bridgehead atoms. The molecule has 0 heterocycles. The maximum Gasteiger partial charge on any atom is 0.123 e. The summed E-state index contributed by atoms with van der Waals surface area (Å²) in [4.78, 5) is 0. The Morgan fingerprint density at radius 3 is 2.76 bits per heavy atom. The first-order valence-electron chi connectivity index (χ1n) is 5.89. The van der Waals surface area contributed by atoms with Gasteiger partial charge in [-0.1, -0.05) is 0 Å². The second kappa shape index (κ2) is 6.57. The van der Waals surface area contributed by atoms with Gasteiger partial charge in [-0.2, -0.15) is 0 Å². The predicted octanol–water partition coefficient (Wildman–Crippen LogP) is 1.87. The van der Waals surface area contributed by atoms with Crippen LogP contribution in [0.2, 0.25) is 0 Å². The number of ether oxygens (including phenoxy) is 1. The molecule has 3 nitrogen and oxygen atoms in total.